The highest BCUT2D eigenvalue weighted by Crippen LogP contribution is 2.43. The molecule has 1 aromatic rings. The van der Waals surface area contributed by atoms with Crippen LogP contribution in [0.25, 0.3) is 0 Å². The number of hydrogen-bond acceptors (Lipinski definition) is 2. The Hall–Kier alpha value is -1.15. The molecule has 0 radical (unpaired) electrons. The third kappa shape index (κ3) is 3.92. The average Bonchev–Trinajstić information content (AvgIpc) is 2.24. The summed E-state index contributed by atoms with van der Waals surface area (Å²) < 4.78 is 80.7. The van der Waals surface area contributed by atoms with Crippen LogP contribution in [0.5, 0.6) is 5.75 Å². The molecule has 0 aliphatic heterocycles. The maximum absolute atomic E-state index is 12.8. The fourth-order valence-corrected chi connectivity index (χ4v) is 1.66. The normalized spacial score (nSPS) is 13.7. The summed E-state index contributed by atoms with van der Waals surface area (Å²) in [7, 11) is 0.988. The number of alkyl halides is 6. The molecule has 2 nitrogen and oxygen atoms in total. The quantitative estimate of drug-likeness (QED) is 0.829. The number of halogens is 7. The Kier molecular flexibility index (Phi) is 5.74. The van der Waals surface area contributed by atoms with Crippen molar-refractivity contribution in [2.75, 3.05) is 7.11 Å². The van der Waals surface area contributed by atoms with Gasteiger partial charge in [0.05, 0.1) is 18.2 Å². The Morgan fingerprint density at radius 1 is 1.05 bits per heavy atom. The molecule has 0 fully saturated rings. The van der Waals surface area contributed by atoms with E-state index < -0.39 is 40.8 Å². The Balaban J connectivity index is 0.00000361. The molecule has 1 rings (SSSR count). The maximum atomic E-state index is 12.8. The monoisotopic (exact) mass is 323 g/mol. The van der Waals surface area contributed by atoms with E-state index in [1.807, 2.05) is 0 Å². The van der Waals surface area contributed by atoms with Crippen molar-refractivity contribution in [1.29, 1.82) is 0 Å². The van der Waals surface area contributed by atoms with Crippen molar-refractivity contribution in [3.8, 4) is 5.75 Å². The van der Waals surface area contributed by atoms with Crippen LogP contribution >= 0.6 is 12.4 Å². The van der Waals surface area contributed by atoms with Crippen LogP contribution < -0.4 is 10.5 Å². The van der Waals surface area contributed by atoms with E-state index in [0.717, 1.165) is 7.11 Å². The third-order valence-corrected chi connectivity index (χ3v) is 2.45. The van der Waals surface area contributed by atoms with Crippen LogP contribution in [-0.2, 0) is 12.4 Å². The minimum Gasteiger partial charge on any atom is -0.496 e. The molecule has 0 aromatic heterocycles. The van der Waals surface area contributed by atoms with Gasteiger partial charge in [0, 0.05) is 11.6 Å². The molecular formula is C11H12ClF6NO. The van der Waals surface area contributed by atoms with Gasteiger partial charge >= 0.3 is 12.4 Å². The summed E-state index contributed by atoms with van der Waals surface area (Å²) in [6, 6.07) is -0.566. The molecule has 0 saturated carbocycles. The van der Waals surface area contributed by atoms with Gasteiger partial charge in [0.15, 0.2) is 0 Å². The third-order valence-electron chi connectivity index (χ3n) is 2.45. The fraction of sp³-hybridized carbons (Fsp3) is 0.455. The molecule has 9 heteroatoms. The molecule has 0 bridgehead atoms. The summed E-state index contributed by atoms with van der Waals surface area (Å²) in [5.74, 6) is -0.530. The minimum atomic E-state index is -4.95. The highest BCUT2D eigenvalue weighted by atomic mass is 35.5. The summed E-state index contributed by atoms with van der Waals surface area (Å²) in [5, 5.41) is 0. The number of ether oxygens (including phenoxy) is 1. The van der Waals surface area contributed by atoms with Gasteiger partial charge in [-0.2, -0.15) is 26.3 Å². The van der Waals surface area contributed by atoms with Crippen molar-refractivity contribution in [1.82, 2.24) is 0 Å². The van der Waals surface area contributed by atoms with Crippen molar-refractivity contribution in [2.24, 2.45) is 5.73 Å². The lowest BCUT2D eigenvalue weighted by molar-refractivity contribution is -0.143. The molecule has 0 unspecified atom stereocenters. The lowest BCUT2D eigenvalue weighted by Gasteiger charge is -2.21. The summed E-state index contributed by atoms with van der Waals surface area (Å²) in [5.41, 5.74) is 2.02. The van der Waals surface area contributed by atoms with Gasteiger partial charge in [-0.15, -0.1) is 12.4 Å². The van der Waals surface area contributed by atoms with Crippen molar-refractivity contribution in [3.63, 3.8) is 0 Å². The van der Waals surface area contributed by atoms with E-state index in [1.165, 1.54) is 6.92 Å². The fourth-order valence-electron chi connectivity index (χ4n) is 1.66. The molecule has 0 aliphatic rings. The van der Waals surface area contributed by atoms with E-state index in [4.69, 9.17) is 5.73 Å². The molecule has 1 atom stereocenters. The first kappa shape index (κ1) is 18.9. The number of hydrogen-bond donors (Lipinski definition) is 1. The molecular weight excluding hydrogens is 312 g/mol. The number of benzene rings is 1. The second-order valence-corrected chi connectivity index (χ2v) is 3.92. The van der Waals surface area contributed by atoms with Gasteiger partial charge in [0.2, 0.25) is 0 Å². The van der Waals surface area contributed by atoms with Crippen molar-refractivity contribution in [3.05, 3.63) is 28.8 Å². The van der Waals surface area contributed by atoms with Crippen LogP contribution in [0, 0.1) is 0 Å². The van der Waals surface area contributed by atoms with Crippen LogP contribution in [0.15, 0.2) is 12.1 Å². The van der Waals surface area contributed by atoms with Crippen LogP contribution in [0.4, 0.5) is 26.3 Å². The highest BCUT2D eigenvalue weighted by Gasteiger charge is 2.40. The van der Waals surface area contributed by atoms with Gasteiger partial charge in [0.25, 0.3) is 0 Å². The first-order valence-electron chi connectivity index (χ1n) is 5.10. The topological polar surface area (TPSA) is 35.2 Å². The Bertz CT molecular complexity index is 469. The van der Waals surface area contributed by atoms with E-state index in [0.29, 0.717) is 6.07 Å². The van der Waals surface area contributed by atoms with E-state index in [9.17, 15) is 26.3 Å². The first-order chi connectivity index (χ1) is 8.48. The molecule has 0 aliphatic carbocycles. The van der Waals surface area contributed by atoms with Crippen LogP contribution in [0.2, 0.25) is 0 Å². The molecule has 2 N–H and O–H groups in total. The van der Waals surface area contributed by atoms with Crippen molar-refractivity contribution in [2.45, 2.75) is 25.3 Å². The zero-order valence-electron chi connectivity index (χ0n) is 10.4. The molecule has 116 valence electrons. The van der Waals surface area contributed by atoms with Crippen LogP contribution in [0.1, 0.15) is 29.7 Å². The predicted octanol–water partition coefficient (Wildman–Crippen LogP) is 4.17. The van der Waals surface area contributed by atoms with Crippen LogP contribution in [-0.4, -0.2) is 7.11 Å². The lowest BCUT2D eigenvalue weighted by atomic mass is 9.97. The van der Waals surface area contributed by atoms with Gasteiger partial charge in [-0.3, -0.25) is 0 Å². The number of methoxy groups -OCH3 is 1. The SMILES string of the molecule is COc1cc(C(F)(F)F)cc(C(F)(F)F)c1[C@@H](C)N.Cl. The van der Waals surface area contributed by atoms with Gasteiger partial charge in [-0.05, 0) is 19.1 Å². The largest absolute Gasteiger partial charge is 0.496 e. The van der Waals surface area contributed by atoms with Crippen molar-refractivity contribution >= 4 is 12.4 Å². The van der Waals surface area contributed by atoms with Crippen molar-refractivity contribution < 1.29 is 31.1 Å². The molecule has 0 spiro atoms. The molecule has 0 saturated heterocycles. The molecule has 20 heavy (non-hydrogen) atoms. The van der Waals surface area contributed by atoms with E-state index in [1.54, 1.807) is 0 Å². The molecule has 1 aromatic carbocycles. The Morgan fingerprint density at radius 2 is 1.55 bits per heavy atom. The smallest absolute Gasteiger partial charge is 0.416 e. The average molecular weight is 324 g/mol. The van der Waals surface area contributed by atoms with E-state index >= 15 is 0 Å². The van der Waals surface area contributed by atoms with Gasteiger partial charge in [-0.25, -0.2) is 0 Å². The number of rotatable bonds is 2. The Labute approximate surface area is 117 Å². The van der Waals surface area contributed by atoms with E-state index in [-0.39, 0.29) is 18.5 Å². The van der Waals surface area contributed by atoms with Crippen LogP contribution in [0.3, 0.4) is 0 Å². The summed E-state index contributed by atoms with van der Waals surface area (Å²) in [4.78, 5) is 0. The van der Waals surface area contributed by atoms with Gasteiger partial charge < -0.3 is 10.5 Å². The molecule has 0 heterocycles. The van der Waals surface area contributed by atoms with Gasteiger partial charge in [-0.1, -0.05) is 0 Å². The summed E-state index contributed by atoms with van der Waals surface area (Å²) in [6.07, 6.45) is -9.85. The van der Waals surface area contributed by atoms with Gasteiger partial charge in [0.1, 0.15) is 5.75 Å². The number of nitrogens with two attached hydrogens (primary N) is 1. The Morgan fingerprint density at radius 3 is 1.85 bits per heavy atom. The minimum absolute atomic E-state index is 0. The zero-order chi connectivity index (χ0) is 15.0. The first-order valence-corrected chi connectivity index (χ1v) is 5.10. The second-order valence-electron chi connectivity index (χ2n) is 3.92. The second kappa shape index (κ2) is 6.09. The lowest BCUT2D eigenvalue weighted by Crippen LogP contribution is -2.19. The standard InChI is InChI=1S/C11H11F6NO.ClH/c1-5(18)9-7(11(15,16)17)3-6(10(12,13)14)4-8(9)19-2;/h3-5H,18H2,1-2H3;1H/t5-;/m1./s1. The zero-order valence-corrected chi connectivity index (χ0v) is 11.2. The highest BCUT2D eigenvalue weighted by molar-refractivity contribution is 5.85. The molecule has 0 amide bonds. The summed E-state index contributed by atoms with van der Waals surface area (Å²) >= 11 is 0. The van der Waals surface area contributed by atoms with E-state index in [2.05, 4.69) is 4.74 Å². The maximum Gasteiger partial charge on any atom is 0.416 e. The predicted molar refractivity (Wildman–Crippen MR) is 62.8 cm³/mol. The summed E-state index contributed by atoms with van der Waals surface area (Å²) in [6.45, 7) is 1.24.